The quantitative estimate of drug-likeness (QED) is 0.476. The van der Waals surface area contributed by atoms with Crippen molar-refractivity contribution < 1.29 is 28.3 Å². The van der Waals surface area contributed by atoms with Crippen LogP contribution in [0.5, 0.6) is 0 Å². The van der Waals surface area contributed by atoms with Gasteiger partial charge in [0.25, 0.3) is 5.91 Å². The number of β-amino-alcohol motifs (C(OH)–C–C–N with tert-alkyl or cyclic N) is 1. The number of benzene rings is 1. The number of amides is 3. The van der Waals surface area contributed by atoms with Gasteiger partial charge in [0.15, 0.2) is 5.67 Å². The van der Waals surface area contributed by atoms with Gasteiger partial charge in [0.05, 0.1) is 28.2 Å². The van der Waals surface area contributed by atoms with Crippen molar-refractivity contribution in [2.24, 2.45) is 5.41 Å². The van der Waals surface area contributed by atoms with Gasteiger partial charge in [-0.25, -0.2) is 13.8 Å². The van der Waals surface area contributed by atoms with Crippen molar-refractivity contribution in [2.75, 3.05) is 6.54 Å². The topological polar surface area (TPSA) is 112 Å². The summed E-state index contributed by atoms with van der Waals surface area (Å²) in [6.07, 6.45) is -0.701. The molecule has 1 saturated heterocycles. The van der Waals surface area contributed by atoms with E-state index < -0.39 is 58.9 Å². The Bertz CT molecular complexity index is 1290. The first-order valence-electron chi connectivity index (χ1n) is 13.1. The average molecular weight is 563 g/mol. The van der Waals surface area contributed by atoms with Gasteiger partial charge >= 0.3 is 0 Å². The first kappa shape index (κ1) is 29.1. The summed E-state index contributed by atoms with van der Waals surface area (Å²) >= 11 is 1.35. The lowest BCUT2D eigenvalue weighted by molar-refractivity contribution is -0.145. The van der Waals surface area contributed by atoms with E-state index in [1.54, 1.807) is 39.3 Å². The SMILES string of the molecule is Cc1cc(-c2scnc2C)c(F)cc1[C@H](C)NC(=O)[C@@H]1C[C@@H](O)CN1C(=O)[C@@H](NC(=O)C1(F)CC1)C(C)(C)C. The predicted molar refractivity (Wildman–Crippen MR) is 144 cm³/mol. The second-order valence-corrected chi connectivity index (χ2v) is 12.7. The molecule has 11 heteroatoms. The minimum atomic E-state index is -1.96. The van der Waals surface area contributed by atoms with E-state index in [1.165, 1.54) is 22.3 Å². The van der Waals surface area contributed by atoms with Crippen molar-refractivity contribution in [3.8, 4) is 10.4 Å². The number of nitrogens with zero attached hydrogens (tertiary/aromatic N) is 2. The molecule has 2 fully saturated rings. The smallest absolute Gasteiger partial charge is 0.258 e. The molecule has 0 bridgehead atoms. The highest BCUT2D eigenvalue weighted by atomic mass is 32.1. The molecule has 39 heavy (non-hydrogen) atoms. The standard InChI is InChI=1S/C28H36F2N4O4S/c1-14-9-19(22-16(3)31-13-39-22)20(29)11-18(14)15(2)32-24(36)21-10-17(35)12-34(21)25(37)23(27(4,5)6)33-26(38)28(30)7-8-28/h9,11,13,15,17,21,23,35H,7-8,10,12H2,1-6H3,(H,32,36)(H,33,38)/t15-,17+,21-,23+/m0/s1. The Morgan fingerprint density at radius 2 is 1.87 bits per heavy atom. The lowest BCUT2D eigenvalue weighted by atomic mass is 9.85. The van der Waals surface area contributed by atoms with Gasteiger partial charge < -0.3 is 20.6 Å². The molecule has 1 aliphatic carbocycles. The van der Waals surface area contributed by atoms with Crippen LogP contribution in [0.25, 0.3) is 10.4 Å². The maximum Gasteiger partial charge on any atom is 0.258 e. The number of carbonyl (C=O) groups is 3. The molecular weight excluding hydrogens is 526 g/mol. The Kier molecular flexibility index (Phi) is 7.88. The molecule has 1 saturated carbocycles. The molecule has 1 aromatic heterocycles. The van der Waals surface area contributed by atoms with Gasteiger partial charge in [-0.05, 0) is 62.3 Å². The first-order valence-corrected chi connectivity index (χ1v) is 14.0. The van der Waals surface area contributed by atoms with Crippen LogP contribution in [0.4, 0.5) is 8.78 Å². The summed E-state index contributed by atoms with van der Waals surface area (Å²) < 4.78 is 29.5. The zero-order valence-electron chi connectivity index (χ0n) is 23.1. The molecule has 0 spiro atoms. The van der Waals surface area contributed by atoms with E-state index in [0.29, 0.717) is 11.1 Å². The molecule has 2 aromatic rings. The molecule has 8 nitrogen and oxygen atoms in total. The van der Waals surface area contributed by atoms with Crippen molar-refractivity contribution in [3.05, 3.63) is 40.3 Å². The summed E-state index contributed by atoms with van der Waals surface area (Å²) in [7, 11) is 0. The number of likely N-dealkylation sites (tertiary alicyclic amines) is 1. The highest BCUT2D eigenvalue weighted by molar-refractivity contribution is 7.13. The summed E-state index contributed by atoms with van der Waals surface area (Å²) in [5.41, 5.74) is 1.48. The molecule has 2 heterocycles. The van der Waals surface area contributed by atoms with Crippen molar-refractivity contribution in [2.45, 2.75) is 90.7 Å². The zero-order chi connectivity index (χ0) is 28.9. The van der Waals surface area contributed by atoms with E-state index in [2.05, 4.69) is 15.6 Å². The fourth-order valence-electron chi connectivity index (χ4n) is 5.00. The van der Waals surface area contributed by atoms with Gasteiger partial charge in [-0.15, -0.1) is 11.3 Å². The molecule has 4 atom stereocenters. The van der Waals surface area contributed by atoms with Gasteiger partial charge in [-0.3, -0.25) is 14.4 Å². The fraction of sp³-hybridized carbons (Fsp3) is 0.571. The highest BCUT2D eigenvalue weighted by Gasteiger charge is 2.53. The number of rotatable bonds is 7. The molecule has 0 unspecified atom stereocenters. The van der Waals surface area contributed by atoms with Crippen LogP contribution >= 0.6 is 11.3 Å². The molecule has 3 N–H and O–H groups in total. The van der Waals surface area contributed by atoms with E-state index in [1.807, 2.05) is 13.8 Å². The summed E-state index contributed by atoms with van der Waals surface area (Å²) in [5.74, 6) is -2.32. The van der Waals surface area contributed by atoms with Crippen LogP contribution in [0.15, 0.2) is 17.6 Å². The number of hydrogen-bond acceptors (Lipinski definition) is 6. The number of aliphatic hydroxyl groups is 1. The zero-order valence-corrected chi connectivity index (χ0v) is 23.9. The maximum atomic E-state index is 15.1. The Morgan fingerprint density at radius 3 is 2.44 bits per heavy atom. The second-order valence-electron chi connectivity index (χ2n) is 11.8. The largest absolute Gasteiger partial charge is 0.391 e. The van der Waals surface area contributed by atoms with Gasteiger partial charge in [0.2, 0.25) is 11.8 Å². The van der Waals surface area contributed by atoms with Crippen molar-refractivity contribution in [3.63, 3.8) is 0 Å². The molecule has 1 aromatic carbocycles. The number of thiazole rings is 1. The van der Waals surface area contributed by atoms with E-state index in [-0.39, 0.29) is 25.8 Å². The van der Waals surface area contributed by atoms with E-state index in [4.69, 9.17) is 0 Å². The molecule has 1 aliphatic heterocycles. The molecular formula is C28H36F2N4O4S. The molecule has 2 aliphatic rings. The number of halogens is 2. The Morgan fingerprint density at radius 1 is 1.21 bits per heavy atom. The van der Waals surface area contributed by atoms with Gasteiger partial charge in [-0.2, -0.15) is 0 Å². The van der Waals surface area contributed by atoms with Crippen molar-refractivity contribution in [1.82, 2.24) is 20.5 Å². The predicted octanol–water partition coefficient (Wildman–Crippen LogP) is 3.74. The number of aromatic nitrogens is 1. The Hall–Kier alpha value is -2.92. The summed E-state index contributed by atoms with van der Waals surface area (Å²) in [6, 6.07) is 0.461. The van der Waals surface area contributed by atoms with E-state index in [0.717, 1.165) is 16.1 Å². The highest BCUT2D eigenvalue weighted by Crippen LogP contribution is 2.40. The molecule has 4 rings (SSSR count). The lowest BCUT2D eigenvalue weighted by Crippen LogP contribution is -2.59. The number of alkyl halides is 1. The Labute approximate surface area is 231 Å². The van der Waals surface area contributed by atoms with E-state index >= 15 is 4.39 Å². The first-order chi connectivity index (χ1) is 18.1. The summed E-state index contributed by atoms with van der Waals surface area (Å²) in [4.78, 5) is 45.6. The van der Waals surface area contributed by atoms with Crippen LogP contribution in [0.1, 0.15) is 69.8 Å². The third-order valence-corrected chi connectivity index (χ3v) is 8.48. The second kappa shape index (κ2) is 10.6. The van der Waals surface area contributed by atoms with Crippen LogP contribution < -0.4 is 10.6 Å². The van der Waals surface area contributed by atoms with Crippen LogP contribution in [0, 0.1) is 25.1 Å². The average Bonchev–Trinajstić information content (AvgIpc) is 3.26. The van der Waals surface area contributed by atoms with Crippen LogP contribution in [-0.4, -0.2) is 63.1 Å². The van der Waals surface area contributed by atoms with Crippen LogP contribution in [0.3, 0.4) is 0 Å². The van der Waals surface area contributed by atoms with Crippen LogP contribution in [-0.2, 0) is 14.4 Å². The van der Waals surface area contributed by atoms with Gasteiger partial charge in [0.1, 0.15) is 17.9 Å². The number of carbonyl (C=O) groups excluding carboxylic acids is 3. The third-order valence-electron chi connectivity index (χ3n) is 7.52. The monoisotopic (exact) mass is 562 g/mol. The molecule has 0 radical (unpaired) electrons. The number of nitrogens with one attached hydrogen (secondary N) is 2. The Balaban J connectivity index is 1.51. The fourth-order valence-corrected chi connectivity index (χ4v) is 5.83. The minimum Gasteiger partial charge on any atom is -0.391 e. The van der Waals surface area contributed by atoms with Crippen LogP contribution in [0.2, 0.25) is 0 Å². The van der Waals surface area contributed by atoms with Gasteiger partial charge in [-0.1, -0.05) is 20.8 Å². The lowest BCUT2D eigenvalue weighted by Gasteiger charge is -2.35. The normalized spacial score (nSPS) is 21.8. The number of aliphatic hydroxyl groups excluding tert-OH is 1. The minimum absolute atomic E-state index is 0.0130. The number of hydrogen-bond donors (Lipinski definition) is 3. The van der Waals surface area contributed by atoms with Crippen molar-refractivity contribution in [1.29, 1.82) is 0 Å². The maximum absolute atomic E-state index is 15.1. The third kappa shape index (κ3) is 5.99. The van der Waals surface area contributed by atoms with Gasteiger partial charge in [0, 0.05) is 18.5 Å². The van der Waals surface area contributed by atoms with E-state index in [9.17, 15) is 23.9 Å². The molecule has 212 valence electrons. The number of aryl methyl sites for hydroxylation is 2. The summed E-state index contributed by atoms with van der Waals surface area (Å²) in [6.45, 7) is 10.5. The molecule has 3 amide bonds. The van der Waals surface area contributed by atoms with Crippen molar-refractivity contribution >= 4 is 29.1 Å². The summed E-state index contributed by atoms with van der Waals surface area (Å²) in [5, 5.41) is 15.8.